The van der Waals surface area contributed by atoms with Crippen LogP contribution in [0.1, 0.15) is 66.2 Å². The minimum absolute atomic E-state index is 0.0402. The van der Waals surface area contributed by atoms with E-state index in [4.69, 9.17) is 4.74 Å². The van der Waals surface area contributed by atoms with Crippen LogP contribution in [0.15, 0.2) is 180 Å². The van der Waals surface area contributed by atoms with Crippen molar-refractivity contribution in [1.29, 1.82) is 5.26 Å². The maximum atomic E-state index is 14.3. The van der Waals surface area contributed by atoms with Crippen LogP contribution in [-0.4, -0.2) is 17.7 Å². The minimum Gasteiger partial charge on any atom is -0.489 e. The number of hydrogen-bond donors (Lipinski definition) is 3. The lowest BCUT2D eigenvalue weighted by atomic mass is 9.83. The van der Waals surface area contributed by atoms with E-state index in [1.807, 2.05) is 109 Å². The summed E-state index contributed by atoms with van der Waals surface area (Å²) in [5, 5.41) is 19.1. The molecule has 62 heavy (non-hydrogen) atoms. The number of nitrogens with zero attached hydrogens (tertiary/aromatic N) is 1. The van der Waals surface area contributed by atoms with Crippen molar-refractivity contribution in [3.8, 4) is 11.8 Å². The smallest absolute Gasteiger partial charge is 0.272 e. The third-order valence-electron chi connectivity index (χ3n) is 10.5. The largest absolute Gasteiger partial charge is 0.489 e. The summed E-state index contributed by atoms with van der Waals surface area (Å²) in [6, 6.07) is 55.4. The number of rotatable bonds is 14. The van der Waals surface area contributed by atoms with E-state index in [0.717, 1.165) is 45.7 Å². The predicted octanol–water partition coefficient (Wildman–Crippen LogP) is 11.4. The molecule has 6 aromatic carbocycles. The zero-order chi connectivity index (χ0) is 42.7. The number of nitrogens with one attached hydrogen (secondary N) is 3. The number of carbonyl (C=O) groups is 3. The Balaban J connectivity index is 0.998. The fourth-order valence-electron chi connectivity index (χ4n) is 7.37. The van der Waals surface area contributed by atoms with Crippen molar-refractivity contribution in [3.05, 3.63) is 219 Å². The van der Waals surface area contributed by atoms with Crippen molar-refractivity contribution >= 4 is 57.6 Å². The molecule has 0 saturated heterocycles. The highest BCUT2D eigenvalue weighted by atomic mass is 32.2. The fraction of sp³-hybridized carbons (Fsp3) is 0.115. The van der Waals surface area contributed by atoms with Gasteiger partial charge in [0.2, 0.25) is 5.91 Å². The van der Waals surface area contributed by atoms with Gasteiger partial charge in [0.05, 0.1) is 5.56 Å². The molecule has 3 amide bonds. The number of anilines is 2. The second-order valence-corrected chi connectivity index (χ2v) is 17.1. The summed E-state index contributed by atoms with van der Waals surface area (Å²) in [5.74, 6) is -0.187. The lowest BCUT2D eigenvalue weighted by molar-refractivity contribution is -0.116. The lowest BCUT2D eigenvalue weighted by Gasteiger charge is -2.22. The summed E-state index contributed by atoms with van der Waals surface area (Å²) in [6.07, 6.45) is 4.17. The molecule has 1 aromatic heterocycles. The summed E-state index contributed by atoms with van der Waals surface area (Å²) in [4.78, 5) is 43.5. The van der Waals surface area contributed by atoms with Crippen molar-refractivity contribution in [2.45, 2.75) is 41.9 Å². The number of benzene rings is 6. The molecule has 306 valence electrons. The van der Waals surface area contributed by atoms with Crippen LogP contribution >= 0.6 is 23.1 Å². The molecule has 8 rings (SSSR count). The molecule has 0 fully saturated rings. The molecule has 2 atom stereocenters. The van der Waals surface area contributed by atoms with Gasteiger partial charge >= 0.3 is 0 Å². The van der Waals surface area contributed by atoms with Crippen LogP contribution in [0.3, 0.4) is 0 Å². The average molecular weight is 851 g/mol. The van der Waals surface area contributed by atoms with Gasteiger partial charge in [0, 0.05) is 21.0 Å². The molecule has 2 unspecified atom stereocenters. The van der Waals surface area contributed by atoms with Crippen molar-refractivity contribution in [2.24, 2.45) is 0 Å². The van der Waals surface area contributed by atoms with Crippen molar-refractivity contribution < 1.29 is 19.1 Å². The second-order valence-electron chi connectivity index (χ2n) is 14.8. The van der Waals surface area contributed by atoms with E-state index in [-0.39, 0.29) is 11.6 Å². The first-order valence-electron chi connectivity index (χ1n) is 20.3. The molecule has 0 spiro atoms. The maximum Gasteiger partial charge on any atom is 0.272 e. The van der Waals surface area contributed by atoms with Crippen LogP contribution < -0.4 is 20.7 Å². The highest BCUT2D eigenvalue weighted by Gasteiger charge is 2.30. The van der Waals surface area contributed by atoms with E-state index < -0.39 is 17.1 Å². The summed E-state index contributed by atoms with van der Waals surface area (Å²) >= 11 is 2.84. The number of hydrogen-bond acceptors (Lipinski definition) is 7. The molecule has 0 aliphatic heterocycles. The van der Waals surface area contributed by atoms with E-state index in [1.54, 1.807) is 42.5 Å². The van der Waals surface area contributed by atoms with Gasteiger partial charge in [-0.15, -0.1) is 23.1 Å². The highest BCUT2D eigenvalue weighted by molar-refractivity contribution is 8.00. The fourth-order valence-corrected chi connectivity index (χ4v) is 9.74. The summed E-state index contributed by atoms with van der Waals surface area (Å²) in [5.41, 5.74) is 6.30. The monoisotopic (exact) mass is 850 g/mol. The lowest BCUT2D eigenvalue weighted by Crippen LogP contribution is -2.30. The van der Waals surface area contributed by atoms with E-state index in [2.05, 4.69) is 46.3 Å². The minimum atomic E-state index is -0.676. The normalized spacial score (nSPS) is 13.8. The molecule has 0 bridgehead atoms. The van der Waals surface area contributed by atoms with Gasteiger partial charge in [0.15, 0.2) is 0 Å². The zero-order valence-corrected chi connectivity index (χ0v) is 35.3. The molecule has 10 heteroatoms. The molecular formula is C52H42N4O4S2. The first-order valence-corrected chi connectivity index (χ1v) is 22.0. The van der Waals surface area contributed by atoms with Gasteiger partial charge < -0.3 is 20.7 Å². The van der Waals surface area contributed by atoms with E-state index >= 15 is 0 Å². The van der Waals surface area contributed by atoms with Crippen LogP contribution in [-0.2, 0) is 29.0 Å². The van der Waals surface area contributed by atoms with Gasteiger partial charge in [-0.1, -0.05) is 127 Å². The molecule has 1 aliphatic carbocycles. The number of amides is 3. The van der Waals surface area contributed by atoms with Crippen molar-refractivity contribution in [1.82, 2.24) is 5.32 Å². The Morgan fingerprint density at radius 2 is 1.47 bits per heavy atom. The summed E-state index contributed by atoms with van der Waals surface area (Å²) in [6.45, 7) is 0.416. The zero-order valence-electron chi connectivity index (χ0n) is 33.6. The van der Waals surface area contributed by atoms with Crippen LogP contribution in [0.2, 0.25) is 0 Å². The third-order valence-corrected chi connectivity index (χ3v) is 13.0. The van der Waals surface area contributed by atoms with Crippen LogP contribution in [0.25, 0.3) is 6.08 Å². The van der Waals surface area contributed by atoms with Gasteiger partial charge in [0.25, 0.3) is 11.8 Å². The molecule has 7 aromatic rings. The summed E-state index contributed by atoms with van der Waals surface area (Å²) < 4.78 is 5.95. The SMILES string of the molecule is N#Cc1c(NC(=O)C(Sc2cccc(NC(=O)/C(=C/c3ccc(OCc4ccccc4)cc3)NC(=O)c3ccccc3)c2)c2ccccc2)sc2c1CCC(c1ccccc1)C2. The third kappa shape index (κ3) is 10.4. The maximum absolute atomic E-state index is 14.3. The van der Waals surface area contributed by atoms with Gasteiger partial charge in [-0.3, -0.25) is 14.4 Å². The van der Waals surface area contributed by atoms with E-state index in [9.17, 15) is 19.6 Å². The average Bonchev–Trinajstić information content (AvgIpc) is 3.67. The van der Waals surface area contributed by atoms with Crippen molar-refractivity contribution in [2.75, 3.05) is 10.6 Å². The Kier molecular flexibility index (Phi) is 13.3. The van der Waals surface area contributed by atoms with Gasteiger partial charge in [0.1, 0.15) is 34.4 Å². The number of ether oxygens (including phenoxy) is 1. The van der Waals surface area contributed by atoms with E-state index in [1.165, 1.54) is 28.7 Å². The highest BCUT2D eigenvalue weighted by Crippen LogP contribution is 2.44. The predicted molar refractivity (Wildman–Crippen MR) is 248 cm³/mol. The quantitative estimate of drug-likeness (QED) is 0.0740. The molecule has 3 N–H and O–H groups in total. The van der Waals surface area contributed by atoms with Crippen LogP contribution in [0.4, 0.5) is 10.7 Å². The van der Waals surface area contributed by atoms with Crippen molar-refractivity contribution in [3.63, 3.8) is 0 Å². The number of nitriles is 1. The Hall–Kier alpha value is -7.19. The Labute approximate surface area is 369 Å². The van der Waals surface area contributed by atoms with Gasteiger partial charge in [-0.2, -0.15) is 5.26 Å². The number of carbonyl (C=O) groups excluding carboxylic acids is 3. The Morgan fingerprint density at radius 1 is 0.790 bits per heavy atom. The standard InChI is InChI=1S/C52H42N4O4S2/c53-33-45-44-29-26-40(37-16-7-2-8-17-37)31-47(44)62-52(45)56-51(59)48(38-18-9-3-10-19-38)61-43-23-13-22-41(32-43)54-50(58)46(55-49(57)39-20-11-4-12-21-39)30-35-24-27-42(28-25-35)60-34-36-14-5-1-6-15-36/h1-25,27-28,30,32,40,48H,26,29,31,34H2,(H,54,58)(H,55,57)(H,56,59)/b46-30-. The Morgan fingerprint density at radius 3 is 2.18 bits per heavy atom. The number of thiophene rings is 1. The van der Waals surface area contributed by atoms with Crippen LogP contribution in [0.5, 0.6) is 5.75 Å². The summed E-state index contributed by atoms with van der Waals surface area (Å²) in [7, 11) is 0. The first-order chi connectivity index (χ1) is 30.4. The van der Waals surface area contributed by atoms with Gasteiger partial charge in [-0.05, 0) is 102 Å². The topological polar surface area (TPSA) is 120 Å². The second kappa shape index (κ2) is 19.9. The number of fused-ring (bicyclic) bond motifs is 1. The molecule has 8 nitrogen and oxygen atoms in total. The number of thioether (sulfide) groups is 1. The van der Waals surface area contributed by atoms with Crippen LogP contribution in [0, 0.1) is 11.3 Å². The van der Waals surface area contributed by atoms with E-state index in [0.29, 0.717) is 45.7 Å². The van der Waals surface area contributed by atoms with Gasteiger partial charge in [-0.25, -0.2) is 0 Å². The molecule has 0 saturated carbocycles. The molecule has 0 radical (unpaired) electrons. The molecule has 1 heterocycles. The molecular weight excluding hydrogens is 809 g/mol. The Bertz CT molecular complexity index is 2730. The molecule has 1 aliphatic rings. The first kappa shape index (κ1) is 41.5.